The van der Waals surface area contributed by atoms with E-state index >= 15 is 0 Å². The van der Waals surface area contributed by atoms with Gasteiger partial charge in [0.1, 0.15) is 5.56 Å². The molecule has 6 nitrogen and oxygen atoms in total. The number of amides is 1. The summed E-state index contributed by atoms with van der Waals surface area (Å²) >= 11 is 0. The molecular formula is C14H15F3N2O4. The van der Waals surface area contributed by atoms with Crippen LogP contribution in [0.2, 0.25) is 0 Å². The number of methoxy groups -OCH3 is 1. The van der Waals surface area contributed by atoms with E-state index in [-0.39, 0.29) is 18.0 Å². The van der Waals surface area contributed by atoms with Crippen LogP contribution in [0.15, 0.2) is 12.1 Å². The Hall–Kier alpha value is -2.32. The SMILES string of the molecule is COc1nc(C)ccc1C(=O)N1CC[C@](C(=O)O)(C(F)(F)F)C1. The number of alkyl halides is 3. The van der Waals surface area contributed by atoms with Crippen molar-refractivity contribution in [3.8, 4) is 5.88 Å². The van der Waals surface area contributed by atoms with Crippen molar-refractivity contribution in [1.29, 1.82) is 0 Å². The highest BCUT2D eigenvalue weighted by Crippen LogP contribution is 2.46. The van der Waals surface area contributed by atoms with Gasteiger partial charge in [0.2, 0.25) is 5.88 Å². The molecule has 126 valence electrons. The van der Waals surface area contributed by atoms with Crippen molar-refractivity contribution in [2.24, 2.45) is 5.41 Å². The van der Waals surface area contributed by atoms with E-state index in [9.17, 15) is 22.8 Å². The van der Waals surface area contributed by atoms with Crippen LogP contribution in [0.5, 0.6) is 5.88 Å². The lowest BCUT2D eigenvalue weighted by Crippen LogP contribution is -2.47. The number of nitrogens with zero attached hydrogens (tertiary/aromatic N) is 2. The molecule has 0 unspecified atom stereocenters. The summed E-state index contributed by atoms with van der Waals surface area (Å²) in [5.74, 6) is -2.72. The molecular weight excluding hydrogens is 317 g/mol. The average Bonchev–Trinajstić information content (AvgIpc) is 2.92. The van der Waals surface area contributed by atoms with E-state index < -0.39 is 36.4 Å². The third kappa shape index (κ3) is 2.82. The maximum absolute atomic E-state index is 13.1. The van der Waals surface area contributed by atoms with Crippen LogP contribution in [0.3, 0.4) is 0 Å². The van der Waals surface area contributed by atoms with Crippen molar-refractivity contribution in [2.75, 3.05) is 20.2 Å². The van der Waals surface area contributed by atoms with E-state index in [1.807, 2.05) is 0 Å². The van der Waals surface area contributed by atoms with Gasteiger partial charge in [0, 0.05) is 18.8 Å². The molecule has 1 saturated heterocycles. The number of rotatable bonds is 3. The topological polar surface area (TPSA) is 79.7 Å². The molecule has 23 heavy (non-hydrogen) atoms. The number of aliphatic carboxylic acids is 1. The third-order valence-electron chi connectivity index (χ3n) is 3.93. The lowest BCUT2D eigenvalue weighted by atomic mass is 9.86. The van der Waals surface area contributed by atoms with Crippen LogP contribution < -0.4 is 4.74 Å². The summed E-state index contributed by atoms with van der Waals surface area (Å²) in [6.07, 6.45) is -5.62. The van der Waals surface area contributed by atoms with Gasteiger partial charge in [-0.1, -0.05) is 0 Å². The summed E-state index contributed by atoms with van der Waals surface area (Å²) in [7, 11) is 1.29. The summed E-state index contributed by atoms with van der Waals surface area (Å²) in [5, 5.41) is 9.01. The summed E-state index contributed by atoms with van der Waals surface area (Å²) < 4.78 is 44.4. The Kier molecular flexibility index (Phi) is 4.23. The van der Waals surface area contributed by atoms with Crippen molar-refractivity contribution >= 4 is 11.9 Å². The lowest BCUT2D eigenvalue weighted by molar-refractivity contribution is -0.227. The van der Waals surface area contributed by atoms with Crippen LogP contribution in [0, 0.1) is 12.3 Å². The highest BCUT2D eigenvalue weighted by Gasteiger charge is 2.64. The number of aryl methyl sites for hydroxylation is 1. The molecule has 0 aliphatic carbocycles. The molecule has 2 rings (SSSR count). The average molecular weight is 332 g/mol. The Balaban J connectivity index is 2.32. The number of pyridine rings is 1. The zero-order valence-corrected chi connectivity index (χ0v) is 12.5. The van der Waals surface area contributed by atoms with E-state index in [4.69, 9.17) is 9.84 Å². The number of carboxylic acid groups (broad SMARTS) is 1. The molecule has 2 heterocycles. The van der Waals surface area contributed by atoms with Crippen LogP contribution in [-0.2, 0) is 4.79 Å². The van der Waals surface area contributed by atoms with Gasteiger partial charge in [-0.05, 0) is 25.5 Å². The smallest absolute Gasteiger partial charge is 0.406 e. The van der Waals surface area contributed by atoms with Crippen LogP contribution in [0.1, 0.15) is 22.5 Å². The molecule has 9 heteroatoms. The van der Waals surface area contributed by atoms with Crippen molar-refractivity contribution < 1.29 is 32.6 Å². The van der Waals surface area contributed by atoms with Gasteiger partial charge < -0.3 is 14.7 Å². The fourth-order valence-corrected chi connectivity index (χ4v) is 2.53. The minimum atomic E-state index is -4.94. The number of carbonyl (C=O) groups is 2. The molecule has 1 aliphatic rings. The minimum Gasteiger partial charge on any atom is -0.481 e. The molecule has 0 bridgehead atoms. The van der Waals surface area contributed by atoms with Crippen molar-refractivity contribution in [2.45, 2.75) is 19.5 Å². The summed E-state index contributed by atoms with van der Waals surface area (Å²) in [5.41, 5.74) is -2.36. The van der Waals surface area contributed by atoms with Gasteiger partial charge >= 0.3 is 12.1 Å². The summed E-state index contributed by atoms with van der Waals surface area (Å²) in [4.78, 5) is 28.4. The Morgan fingerprint density at radius 3 is 2.52 bits per heavy atom. The first-order valence-electron chi connectivity index (χ1n) is 6.73. The van der Waals surface area contributed by atoms with Crippen LogP contribution in [-0.4, -0.2) is 53.2 Å². The first kappa shape index (κ1) is 17.0. The Bertz CT molecular complexity index is 647. The Morgan fingerprint density at radius 1 is 1.39 bits per heavy atom. The molecule has 0 saturated carbocycles. The molecule has 1 atom stereocenters. The number of aromatic nitrogens is 1. The van der Waals surface area contributed by atoms with Gasteiger partial charge in [-0.2, -0.15) is 13.2 Å². The molecule has 0 aromatic carbocycles. The standard InChI is InChI=1S/C14H15F3N2O4/c1-8-3-4-9(10(18-8)23-2)11(20)19-6-5-13(7-19,12(21)22)14(15,16)17/h3-4H,5-7H2,1-2H3,(H,21,22)/t13-/m0/s1. The maximum atomic E-state index is 13.1. The predicted molar refractivity (Wildman–Crippen MR) is 72.2 cm³/mol. The highest BCUT2D eigenvalue weighted by molar-refractivity contribution is 5.97. The maximum Gasteiger partial charge on any atom is 0.406 e. The zero-order valence-electron chi connectivity index (χ0n) is 12.5. The minimum absolute atomic E-state index is 0.00135. The van der Waals surface area contributed by atoms with Gasteiger partial charge in [0.15, 0.2) is 5.41 Å². The fraction of sp³-hybridized carbons (Fsp3) is 0.500. The monoisotopic (exact) mass is 332 g/mol. The normalized spacial score (nSPS) is 21.3. The molecule has 1 fully saturated rings. The molecule has 1 aromatic heterocycles. The van der Waals surface area contributed by atoms with E-state index in [0.717, 1.165) is 4.90 Å². The summed E-state index contributed by atoms with van der Waals surface area (Å²) in [6, 6.07) is 2.93. The molecule has 0 radical (unpaired) electrons. The number of likely N-dealkylation sites (tertiary alicyclic amines) is 1. The van der Waals surface area contributed by atoms with E-state index in [2.05, 4.69) is 4.98 Å². The number of carboxylic acids is 1. The van der Waals surface area contributed by atoms with Gasteiger partial charge in [-0.25, -0.2) is 4.98 Å². The predicted octanol–water partition coefficient (Wildman–Crippen LogP) is 1.88. The van der Waals surface area contributed by atoms with E-state index in [1.165, 1.54) is 19.2 Å². The van der Waals surface area contributed by atoms with Crippen LogP contribution >= 0.6 is 0 Å². The van der Waals surface area contributed by atoms with Gasteiger partial charge in [-0.15, -0.1) is 0 Å². The fourth-order valence-electron chi connectivity index (χ4n) is 2.53. The molecule has 1 N–H and O–H groups in total. The van der Waals surface area contributed by atoms with Crippen molar-refractivity contribution in [3.63, 3.8) is 0 Å². The molecule has 0 spiro atoms. The van der Waals surface area contributed by atoms with E-state index in [1.54, 1.807) is 6.92 Å². The quantitative estimate of drug-likeness (QED) is 0.914. The Labute approximate surface area is 129 Å². The second-order valence-electron chi connectivity index (χ2n) is 5.37. The second-order valence-corrected chi connectivity index (χ2v) is 5.37. The number of ether oxygens (including phenoxy) is 1. The van der Waals surface area contributed by atoms with Gasteiger partial charge in [0.25, 0.3) is 5.91 Å². The summed E-state index contributed by atoms with van der Waals surface area (Å²) in [6.45, 7) is 0.440. The first-order valence-corrected chi connectivity index (χ1v) is 6.73. The number of halogens is 3. The van der Waals surface area contributed by atoms with E-state index in [0.29, 0.717) is 5.69 Å². The number of carbonyl (C=O) groups excluding carboxylic acids is 1. The van der Waals surface area contributed by atoms with Gasteiger partial charge in [-0.3, -0.25) is 9.59 Å². The molecule has 1 aliphatic heterocycles. The van der Waals surface area contributed by atoms with Crippen molar-refractivity contribution in [1.82, 2.24) is 9.88 Å². The first-order chi connectivity index (χ1) is 10.6. The van der Waals surface area contributed by atoms with Crippen molar-refractivity contribution in [3.05, 3.63) is 23.4 Å². The second kappa shape index (κ2) is 5.71. The van der Waals surface area contributed by atoms with Gasteiger partial charge in [0.05, 0.1) is 7.11 Å². The molecule has 1 aromatic rings. The van der Waals surface area contributed by atoms with Crippen LogP contribution in [0.4, 0.5) is 13.2 Å². The van der Waals surface area contributed by atoms with Crippen LogP contribution in [0.25, 0.3) is 0 Å². The Morgan fingerprint density at radius 2 is 2.04 bits per heavy atom. The highest BCUT2D eigenvalue weighted by atomic mass is 19.4. The number of hydrogen-bond acceptors (Lipinski definition) is 4. The number of hydrogen-bond donors (Lipinski definition) is 1. The lowest BCUT2D eigenvalue weighted by Gasteiger charge is -2.27. The third-order valence-corrected chi connectivity index (χ3v) is 3.93. The largest absolute Gasteiger partial charge is 0.481 e. The zero-order chi connectivity index (χ0) is 17.4. The molecule has 1 amide bonds.